The molecule has 0 unspecified atom stereocenters. The topological polar surface area (TPSA) is 62.5 Å². The predicted octanol–water partition coefficient (Wildman–Crippen LogP) is 3.95. The summed E-state index contributed by atoms with van der Waals surface area (Å²) in [6, 6.07) is 2.28. The molecule has 0 amide bonds. The number of aliphatic hydroxyl groups is 1. The molecule has 0 aromatic rings. The molecule has 1 N–H and O–H groups in total. The fraction of sp³-hybridized carbons (Fsp3) is 0.864. The minimum atomic E-state index is -1.13. The van der Waals surface area contributed by atoms with Crippen molar-refractivity contribution in [1.29, 1.82) is 5.26 Å². The highest BCUT2D eigenvalue weighted by Crippen LogP contribution is 2.67. The average Bonchev–Trinajstić information content (AvgIpc) is 3.19. The fourth-order valence-electron chi connectivity index (χ4n) is 7.55. The maximum Gasteiger partial charge on any atom is 0.172 e. The molecule has 1 aliphatic heterocycles. The quantitative estimate of drug-likeness (QED) is 0.527. The van der Waals surface area contributed by atoms with Crippen molar-refractivity contribution in [2.24, 2.45) is 28.6 Å². The average molecular weight is 357 g/mol. The van der Waals surface area contributed by atoms with Gasteiger partial charge in [-0.15, -0.1) is 0 Å². The van der Waals surface area contributed by atoms with Crippen LogP contribution >= 0.6 is 0 Å². The zero-order valence-corrected chi connectivity index (χ0v) is 16.1. The minimum absolute atomic E-state index is 0.234. The number of allylic oxidation sites excluding steroid dienone is 1. The van der Waals surface area contributed by atoms with Gasteiger partial charge in [-0.2, -0.15) is 5.26 Å². The highest BCUT2D eigenvalue weighted by Gasteiger charge is 2.64. The van der Waals surface area contributed by atoms with E-state index < -0.39 is 5.60 Å². The summed E-state index contributed by atoms with van der Waals surface area (Å²) in [6.07, 6.45) is 10.4. The predicted molar refractivity (Wildman–Crippen MR) is 96.9 cm³/mol. The molecule has 5 rings (SSSR count). The van der Waals surface area contributed by atoms with Gasteiger partial charge in [0.2, 0.25) is 0 Å². The lowest BCUT2D eigenvalue weighted by Gasteiger charge is -2.59. The van der Waals surface area contributed by atoms with Crippen LogP contribution in [0.25, 0.3) is 0 Å². The molecule has 3 saturated carbocycles. The van der Waals surface area contributed by atoms with E-state index >= 15 is 0 Å². The normalized spacial score (nSPS) is 51.9. The van der Waals surface area contributed by atoms with Gasteiger partial charge in [-0.3, -0.25) is 0 Å². The highest BCUT2D eigenvalue weighted by molar-refractivity contribution is 5.28. The van der Waals surface area contributed by atoms with E-state index in [0.717, 1.165) is 58.2 Å². The van der Waals surface area contributed by atoms with E-state index in [-0.39, 0.29) is 16.6 Å². The lowest BCUT2D eigenvalue weighted by molar-refractivity contribution is -0.186. The molecule has 4 heteroatoms. The number of ether oxygens (including phenoxy) is 2. The van der Waals surface area contributed by atoms with Crippen LogP contribution in [0.2, 0.25) is 0 Å². The van der Waals surface area contributed by atoms with Crippen molar-refractivity contribution >= 4 is 0 Å². The molecule has 1 spiro atoms. The van der Waals surface area contributed by atoms with Gasteiger partial charge in [0.25, 0.3) is 0 Å². The van der Waals surface area contributed by atoms with Crippen molar-refractivity contribution in [2.45, 2.75) is 76.6 Å². The molecule has 1 heterocycles. The van der Waals surface area contributed by atoms with Gasteiger partial charge in [0.1, 0.15) is 0 Å². The summed E-state index contributed by atoms with van der Waals surface area (Å²) in [4.78, 5) is 0. The SMILES string of the molecule is C[C@]12CCC3(CC1=CC[C@@H]1[C@@H]2CC[C@@]2(C)[C@H]1CC[C@@]2(O)C#N)OCCO3. The van der Waals surface area contributed by atoms with E-state index in [9.17, 15) is 10.4 Å². The Balaban J connectivity index is 1.47. The van der Waals surface area contributed by atoms with Gasteiger partial charge in [-0.1, -0.05) is 25.5 Å². The summed E-state index contributed by atoms with van der Waals surface area (Å²) < 4.78 is 12.0. The van der Waals surface area contributed by atoms with E-state index in [4.69, 9.17) is 9.47 Å². The number of nitrogens with zero attached hydrogens (tertiary/aromatic N) is 1. The van der Waals surface area contributed by atoms with Crippen molar-refractivity contribution in [2.75, 3.05) is 13.2 Å². The molecular formula is C22H31NO3. The molecule has 26 heavy (non-hydrogen) atoms. The van der Waals surface area contributed by atoms with Crippen LogP contribution in [-0.2, 0) is 9.47 Å². The van der Waals surface area contributed by atoms with Crippen LogP contribution in [-0.4, -0.2) is 29.7 Å². The first-order valence-corrected chi connectivity index (χ1v) is 10.5. The van der Waals surface area contributed by atoms with Crippen molar-refractivity contribution in [3.63, 3.8) is 0 Å². The third-order valence-corrected chi connectivity index (χ3v) is 9.26. The van der Waals surface area contributed by atoms with Gasteiger partial charge >= 0.3 is 0 Å². The Bertz CT molecular complexity index is 690. The second-order valence-corrected chi connectivity index (χ2v) is 10.0. The van der Waals surface area contributed by atoms with Crippen LogP contribution in [0.4, 0.5) is 0 Å². The monoisotopic (exact) mass is 357 g/mol. The lowest BCUT2D eigenvalue weighted by Crippen LogP contribution is -2.55. The second kappa shape index (κ2) is 5.34. The highest BCUT2D eigenvalue weighted by atomic mass is 16.7. The number of rotatable bonds is 0. The Kier molecular flexibility index (Phi) is 3.54. The van der Waals surface area contributed by atoms with E-state index in [0.29, 0.717) is 24.2 Å². The van der Waals surface area contributed by atoms with Gasteiger partial charge in [0.15, 0.2) is 11.4 Å². The van der Waals surface area contributed by atoms with Crippen LogP contribution in [0.3, 0.4) is 0 Å². The summed E-state index contributed by atoms with van der Waals surface area (Å²) in [7, 11) is 0. The summed E-state index contributed by atoms with van der Waals surface area (Å²) in [5.41, 5.74) is 0.412. The molecule has 6 atom stereocenters. The van der Waals surface area contributed by atoms with E-state index in [1.807, 2.05) is 0 Å². The Morgan fingerprint density at radius 3 is 2.54 bits per heavy atom. The maximum atomic E-state index is 11.0. The van der Waals surface area contributed by atoms with E-state index in [2.05, 4.69) is 26.0 Å². The van der Waals surface area contributed by atoms with Crippen molar-refractivity contribution < 1.29 is 14.6 Å². The summed E-state index contributed by atoms with van der Waals surface area (Å²) in [5.74, 6) is 1.38. The third-order valence-electron chi connectivity index (χ3n) is 9.26. The van der Waals surface area contributed by atoms with Crippen LogP contribution in [0.5, 0.6) is 0 Å². The van der Waals surface area contributed by atoms with Crippen LogP contribution in [0, 0.1) is 39.9 Å². The molecule has 1 saturated heterocycles. The van der Waals surface area contributed by atoms with Crippen LogP contribution in [0.1, 0.15) is 65.2 Å². The molecular weight excluding hydrogens is 326 g/mol. The largest absolute Gasteiger partial charge is 0.375 e. The first kappa shape index (κ1) is 17.2. The van der Waals surface area contributed by atoms with Gasteiger partial charge in [0.05, 0.1) is 19.3 Å². The van der Waals surface area contributed by atoms with Gasteiger partial charge < -0.3 is 14.6 Å². The summed E-state index contributed by atoms with van der Waals surface area (Å²) in [5, 5.41) is 20.6. The zero-order valence-electron chi connectivity index (χ0n) is 16.1. The number of hydrogen-bond donors (Lipinski definition) is 1. The fourth-order valence-corrected chi connectivity index (χ4v) is 7.55. The maximum absolute atomic E-state index is 11.0. The van der Waals surface area contributed by atoms with Crippen LogP contribution < -0.4 is 0 Å². The Morgan fingerprint density at radius 1 is 1.08 bits per heavy atom. The zero-order chi connectivity index (χ0) is 18.2. The summed E-state index contributed by atoms with van der Waals surface area (Å²) >= 11 is 0. The molecule has 4 nitrogen and oxygen atoms in total. The molecule has 4 aliphatic carbocycles. The number of nitriles is 1. The Hall–Kier alpha value is -0.890. The Morgan fingerprint density at radius 2 is 1.81 bits per heavy atom. The second-order valence-electron chi connectivity index (χ2n) is 10.0. The third kappa shape index (κ3) is 2.00. The summed E-state index contributed by atoms with van der Waals surface area (Å²) in [6.45, 7) is 6.10. The van der Waals surface area contributed by atoms with E-state index in [1.165, 1.54) is 0 Å². The molecule has 0 aromatic carbocycles. The first-order chi connectivity index (χ1) is 12.4. The Labute approximate surface area is 156 Å². The van der Waals surface area contributed by atoms with Crippen LogP contribution in [0.15, 0.2) is 11.6 Å². The van der Waals surface area contributed by atoms with Crippen molar-refractivity contribution in [3.8, 4) is 6.07 Å². The van der Waals surface area contributed by atoms with Gasteiger partial charge in [-0.05, 0) is 61.7 Å². The first-order valence-electron chi connectivity index (χ1n) is 10.5. The molecule has 0 aromatic heterocycles. The van der Waals surface area contributed by atoms with Crippen molar-refractivity contribution in [1.82, 2.24) is 0 Å². The molecule has 142 valence electrons. The molecule has 5 aliphatic rings. The lowest BCUT2D eigenvalue weighted by atomic mass is 9.47. The standard InChI is InChI=1S/C22H31NO3/c1-19-9-10-22(25-11-12-26-22)13-15(19)3-4-16-17(19)5-7-20(2)18(16)6-8-21(20,24)14-23/h3,16-18,24H,4-13H2,1-2H3/t16-,17+,18+,19+,20+,21-/m1/s1. The molecule has 0 radical (unpaired) electrons. The van der Waals surface area contributed by atoms with Gasteiger partial charge in [0, 0.05) is 18.3 Å². The van der Waals surface area contributed by atoms with E-state index in [1.54, 1.807) is 5.57 Å². The molecule has 0 bridgehead atoms. The van der Waals surface area contributed by atoms with Crippen molar-refractivity contribution in [3.05, 3.63) is 11.6 Å². The number of hydrogen-bond acceptors (Lipinski definition) is 4. The number of fused-ring (bicyclic) bond motifs is 5. The smallest absolute Gasteiger partial charge is 0.172 e. The van der Waals surface area contributed by atoms with Gasteiger partial charge in [-0.25, -0.2) is 0 Å². The molecule has 4 fully saturated rings. The minimum Gasteiger partial charge on any atom is -0.375 e.